The van der Waals surface area contributed by atoms with Crippen LogP contribution < -0.4 is 5.32 Å². The highest BCUT2D eigenvalue weighted by atomic mass is 16.3. The highest BCUT2D eigenvalue weighted by Crippen LogP contribution is 2.64. The van der Waals surface area contributed by atoms with Gasteiger partial charge in [0.1, 0.15) is 5.75 Å². The molecule has 0 amide bonds. The zero-order chi connectivity index (χ0) is 16.5. The number of H-pyrrole nitrogens is 1. The Kier molecular flexibility index (Phi) is 2.63. The van der Waals surface area contributed by atoms with E-state index in [4.69, 9.17) is 0 Å². The van der Waals surface area contributed by atoms with Crippen LogP contribution in [-0.4, -0.2) is 15.3 Å². The van der Waals surface area contributed by atoms with Crippen LogP contribution in [0.2, 0.25) is 0 Å². The Balaban J connectivity index is 1.55. The molecule has 2 fully saturated rings. The third kappa shape index (κ3) is 1.80. The molecular formula is C21H21N3O. The van der Waals surface area contributed by atoms with Gasteiger partial charge in [-0.15, -0.1) is 0 Å². The molecule has 1 aliphatic heterocycles. The van der Waals surface area contributed by atoms with E-state index in [1.807, 2.05) is 18.3 Å². The Labute approximate surface area is 146 Å². The fourth-order valence-corrected chi connectivity index (χ4v) is 6.02. The Hall–Kier alpha value is -2.49. The number of nitrogens with zero attached hydrogens (tertiary/aromatic N) is 1. The van der Waals surface area contributed by atoms with Gasteiger partial charge in [0.25, 0.3) is 0 Å². The molecule has 2 heterocycles. The van der Waals surface area contributed by atoms with E-state index in [9.17, 15) is 5.11 Å². The standard InChI is InChI=1S/C21H21N3O/c25-14-5-3-11(4-6-14)21-19-13-2-1-12(9-13)18(19)20-15-10-22-24-16(15)7-8-17(20)23-21/h3-8,10,12-13,18-19,21,23,25H,1-2,9H2,(H,22,24)/t12-,13+,18+,19-,21+/m1/s1. The summed E-state index contributed by atoms with van der Waals surface area (Å²) in [6.45, 7) is 0. The van der Waals surface area contributed by atoms with Crippen molar-refractivity contribution in [2.75, 3.05) is 5.32 Å². The molecule has 1 aromatic heterocycles. The Morgan fingerprint density at radius 3 is 2.72 bits per heavy atom. The van der Waals surface area contributed by atoms with Gasteiger partial charge in [0.2, 0.25) is 0 Å². The first-order chi connectivity index (χ1) is 12.3. The first-order valence-electron chi connectivity index (χ1n) is 9.31. The lowest BCUT2D eigenvalue weighted by Crippen LogP contribution is -2.35. The van der Waals surface area contributed by atoms with Gasteiger partial charge in [-0.2, -0.15) is 5.10 Å². The van der Waals surface area contributed by atoms with Crippen LogP contribution in [0.3, 0.4) is 0 Å². The van der Waals surface area contributed by atoms with Crippen LogP contribution in [-0.2, 0) is 0 Å². The number of hydrogen-bond acceptors (Lipinski definition) is 3. The molecule has 2 aliphatic carbocycles. The van der Waals surface area contributed by atoms with Crippen LogP contribution >= 0.6 is 0 Å². The van der Waals surface area contributed by atoms with E-state index in [1.54, 1.807) is 0 Å². The van der Waals surface area contributed by atoms with Crippen molar-refractivity contribution in [1.82, 2.24) is 10.2 Å². The number of aromatic hydroxyl groups is 1. The molecule has 4 heteroatoms. The van der Waals surface area contributed by atoms with Gasteiger partial charge < -0.3 is 10.4 Å². The second-order valence-corrected chi connectivity index (χ2v) is 8.01. The van der Waals surface area contributed by atoms with Crippen molar-refractivity contribution < 1.29 is 5.11 Å². The summed E-state index contributed by atoms with van der Waals surface area (Å²) in [5.41, 5.74) is 5.18. The lowest BCUT2D eigenvalue weighted by molar-refractivity contribution is 0.249. The smallest absolute Gasteiger partial charge is 0.115 e. The number of rotatable bonds is 1. The molecule has 2 saturated carbocycles. The minimum atomic E-state index is 0.331. The third-order valence-electron chi connectivity index (χ3n) is 6.93. The molecule has 0 saturated heterocycles. The second-order valence-electron chi connectivity index (χ2n) is 8.01. The van der Waals surface area contributed by atoms with Gasteiger partial charge >= 0.3 is 0 Å². The van der Waals surface area contributed by atoms with Crippen molar-refractivity contribution in [3.63, 3.8) is 0 Å². The van der Waals surface area contributed by atoms with Gasteiger partial charge in [0.05, 0.1) is 17.8 Å². The number of fused-ring (bicyclic) bond motifs is 9. The molecule has 3 aliphatic rings. The van der Waals surface area contributed by atoms with Crippen molar-refractivity contribution in [3.05, 3.63) is 53.7 Å². The lowest BCUT2D eigenvalue weighted by Gasteiger charge is -2.43. The molecule has 126 valence electrons. The van der Waals surface area contributed by atoms with Crippen molar-refractivity contribution in [2.24, 2.45) is 17.8 Å². The Morgan fingerprint density at radius 2 is 1.84 bits per heavy atom. The topological polar surface area (TPSA) is 60.9 Å². The van der Waals surface area contributed by atoms with E-state index in [1.165, 1.54) is 41.5 Å². The van der Waals surface area contributed by atoms with Crippen molar-refractivity contribution >= 4 is 16.6 Å². The predicted octanol–water partition coefficient (Wildman–Crippen LogP) is 4.57. The largest absolute Gasteiger partial charge is 0.508 e. The van der Waals surface area contributed by atoms with E-state index in [-0.39, 0.29) is 0 Å². The summed E-state index contributed by atoms with van der Waals surface area (Å²) in [6.07, 6.45) is 6.08. The van der Waals surface area contributed by atoms with Gasteiger partial charge in [-0.05, 0) is 78.3 Å². The van der Waals surface area contributed by atoms with Crippen molar-refractivity contribution in [3.8, 4) is 5.75 Å². The summed E-state index contributed by atoms with van der Waals surface area (Å²) in [6, 6.07) is 12.5. The molecular weight excluding hydrogens is 310 g/mol. The highest BCUT2D eigenvalue weighted by molar-refractivity contribution is 5.88. The summed E-state index contributed by atoms with van der Waals surface area (Å²) < 4.78 is 0. The molecule has 0 spiro atoms. The molecule has 0 radical (unpaired) electrons. The van der Waals surface area contributed by atoms with Crippen LogP contribution in [0.25, 0.3) is 10.9 Å². The van der Waals surface area contributed by atoms with Gasteiger partial charge in [0, 0.05) is 11.1 Å². The zero-order valence-electron chi connectivity index (χ0n) is 13.9. The zero-order valence-corrected chi connectivity index (χ0v) is 13.9. The Morgan fingerprint density at radius 1 is 1.00 bits per heavy atom. The van der Waals surface area contributed by atoms with Crippen molar-refractivity contribution in [1.29, 1.82) is 0 Å². The van der Waals surface area contributed by atoms with Gasteiger partial charge in [0.15, 0.2) is 0 Å². The molecule has 5 atom stereocenters. The lowest BCUT2D eigenvalue weighted by atomic mass is 9.67. The maximum Gasteiger partial charge on any atom is 0.115 e. The van der Waals surface area contributed by atoms with Crippen LogP contribution in [0, 0.1) is 17.8 Å². The third-order valence-corrected chi connectivity index (χ3v) is 6.93. The van der Waals surface area contributed by atoms with E-state index >= 15 is 0 Å². The number of hydrogen-bond donors (Lipinski definition) is 3. The number of phenols is 1. The SMILES string of the molecule is Oc1ccc([C@@H]2Nc3ccc4[nH]ncc4c3[C@H]3[C@@H]4CC[C@@H](C4)[C@H]32)cc1. The number of aromatic nitrogens is 2. The minimum Gasteiger partial charge on any atom is -0.508 e. The van der Waals surface area contributed by atoms with Gasteiger partial charge in [-0.1, -0.05) is 12.1 Å². The van der Waals surface area contributed by atoms with Gasteiger partial charge in [-0.3, -0.25) is 5.10 Å². The highest BCUT2D eigenvalue weighted by Gasteiger charge is 2.54. The second kappa shape index (κ2) is 4.78. The van der Waals surface area contributed by atoms with Crippen LogP contribution in [0.15, 0.2) is 42.6 Å². The molecule has 6 rings (SSSR count). The summed E-state index contributed by atoms with van der Waals surface area (Å²) in [7, 11) is 0. The normalized spacial score (nSPS) is 32.4. The summed E-state index contributed by atoms with van der Waals surface area (Å²) in [5.74, 6) is 3.20. The minimum absolute atomic E-state index is 0.331. The maximum atomic E-state index is 9.67. The maximum absolute atomic E-state index is 9.67. The number of aromatic amines is 1. The van der Waals surface area contributed by atoms with Gasteiger partial charge in [-0.25, -0.2) is 0 Å². The molecule has 2 aromatic carbocycles. The monoisotopic (exact) mass is 331 g/mol. The van der Waals surface area contributed by atoms with Crippen LogP contribution in [0.4, 0.5) is 5.69 Å². The number of nitrogens with one attached hydrogen (secondary N) is 2. The van der Waals surface area contributed by atoms with Crippen molar-refractivity contribution in [2.45, 2.75) is 31.2 Å². The fraction of sp³-hybridized carbons (Fsp3) is 0.381. The Bertz CT molecular complexity index is 961. The molecule has 2 bridgehead atoms. The summed E-state index contributed by atoms with van der Waals surface area (Å²) in [5, 5.41) is 22.2. The molecule has 4 nitrogen and oxygen atoms in total. The van der Waals surface area contributed by atoms with Crippen LogP contribution in [0.1, 0.15) is 42.3 Å². The van der Waals surface area contributed by atoms with E-state index in [0.717, 1.165) is 17.4 Å². The van der Waals surface area contributed by atoms with E-state index in [2.05, 4.69) is 39.8 Å². The van der Waals surface area contributed by atoms with Crippen LogP contribution in [0.5, 0.6) is 5.75 Å². The first-order valence-corrected chi connectivity index (χ1v) is 9.31. The average Bonchev–Trinajstić information content (AvgIpc) is 3.37. The fourth-order valence-electron chi connectivity index (χ4n) is 6.02. The quantitative estimate of drug-likeness (QED) is 0.612. The molecule has 3 N–H and O–H groups in total. The van der Waals surface area contributed by atoms with E-state index < -0.39 is 0 Å². The number of benzene rings is 2. The molecule has 0 unspecified atom stereocenters. The molecule has 25 heavy (non-hydrogen) atoms. The first kappa shape index (κ1) is 13.8. The number of phenolic OH excluding ortho intramolecular Hbond substituents is 1. The summed E-state index contributed by atoms with van der Waals surface area (Å²) >= 11 is 0. The number of anilines is 1. The predicted molar refractivity (Wildman–Crippen MR) is 97.6 cm³/mol. The molecule has 3 aromatic rings. The average molecular weight is 331 g/mol. The van der Waals surface area contributed by atoms with E-state index in [0.29, 0.717) is 23.6 Å². The summed E-state index contributed by atoms with van der Waals surface area (Å²) in [4.78, 5) is 0.